The molecule has 2 aromatic rings. The first-order chi connectivity index (χ1) is 17.9. The maximum atomic E-state index is 14.9. The second-order valence-electron chi connectivity index (χ2n) is 10.8. The van der Waals surface area contributed by atoms with Gasteiger partial charge in [-0.2, -0.15) is 0 Å². The Hall–Kier alpha value is -2.53. The van der Waals surface area contributed by atoms with Crippen LogP contribution >= 0.6 is 0 Å². The molecule has 1 fully saturated rings. The van der Waals surface area contributed by atoms with Crippen molar-refractivity contribution in [1.82, 2.24) is 0 Å². The summed E-state index contributed by atoms with van der Waals surface area (Å²) in [5.74, 6) is -0.551. The normalized spacial score (nSPS) is 22.8. The Morgan fingerprint density at radius 2 is 1.84 bits per heavy atom. The lowest BCUT2D eigenvalue weighted by molar-refractivity contribution is 0.120. The maximum Gasteiger partial charge on any atom is 0.166 e. The zero-order chi connectivity index (χ0) is 26.4. The molecule has 37 heavy (non-hydrogen) atoms. The van der Waals surface area contributed by atoms with E-state index in [1.807, 2.05) is 12.1 Å². The van der Waals surface area contributed by atoms with Gasteiger partial charge in [-0.15, -0.1) is 6.58 Å². The molecular formula is C32H39F3O2. The lowest BCUT2D eigenvalue weighted by Gasteiger charge is -2.29. The summed E-state index contributed by atoms with van der Waals surface area (Å²) in [5, 5.41) is 9.78. The van der Waals surface area contributed by atoms with Crippen molar-refractivity contribution in [3.63, 3.8) is 0 Å². The third-order valence-electron chi connectivity index (χ3n) is 8.32. The molecule has 0 amide bonds. The molecule has 200 valence electrons. The molecular weight excluding hydrogens is 473 g/mol. The fourth-order valence-electron chi connectivity index (χ4n) is 5.85. The lowest BCUT2D eigenvalue weighted by Crippen LogP contribution is -2.18. The van der Waals surface area contributed by atoms with Crippen molar-refractivity contribution < 1.29 is 23.0 Å². The summed E-state index contributed by atoms with van der Waals surface area (Å²) in [6.07, 6.45) is 11.4. The molecule has 0 saturated heterocycles. The van der Waals surface area contributed by atoms with E-state index in [0.717, 1.165) is 49.7 Å². The zero-order valence-corrected chi connectivity index (χ0v) is 21.8. The quantitative estimate of drug-likeness (QED) is 0.255. The van der Waals surface area contributed by atoms with E-state index in [1.54, 1.807) is 37.3 Å². The van der Waals surface area contributed by atoms with Gasteiger partial charge in [0.1, 0.15) is 0 Å². The van der Waals surface area contributed by atoms with E-state index in [2.05, 4.69) is 6.58 Å². The Labute approximate surface area is 219 Å². The molecule has 1 N–H and O–H groups in total. The van der Waals surface area contributed by atoms with Crippen LogP contribution in [0.4, 0.5) is 13.2 Å². The number of hydrogen-bond acceptors (Lipinski definition) is 2. The maximum absolute atomic E-state index is 14.9. The third kappa shape index (κ3) is 6.87. The van der Waals surface area contributed by atoms with E-state index in [-0.39, 0.29) is 23.6 Å². The van der Waals surface area contributed by atoms with Gasteiger partial charge in [0.15, 0.2) is 23.2 Å². The topological polar surface area (TPSA) is 29.5 Å². The van der Waals surface area contributed by atoms with Crippen LogP contribution in [-0.4, -0.2) is 17.8 Å². The van der Waals surface area contributed by atoms with Crippen LogP contribution < -0.4 is 4.74 Å². The molecule has 2 atom stereocenters. The molecule has 0 bridgehead atoms. The molecule has 4 rings (SSSR count). The van der Waals surface area contributed by atoms with Crippen LogP contribution in [0.1, 0.15) is 87.3 Å². The molecule has 0 heterocycles. The Kier molecular flexibility index (Phi) is 9.53. The van der Waals surface area contributed by atoms with E-state index in [1.165, 1.54) is 0 Å². The van der Waals surface area contributed by atoms with Crippen molar-refractivity contribution >= 4 is 5.57 Å². The minimum Gasteiger partial charge on any atom is -0.490 e. The van der Waals surface area contributed by atoms with E-state index in [9.17, 15) is 18.3 Å². The molecule has 2 unspecified atom stereocenters. The number of ether oxygens (including phenoxy) is 1. The summed E-state index contributed by atoms with van der Waals surface area (Å²) in [7, 11) is 0. The monoisotopic (exact) mass is 512 g/mol. The van der Waals surface area contributed by atoms with Gasteiger partial charge in [-0.25, -0.2) is 13.2 Å². The molecule has 0 radical (unpaired) electrons. The molecule has 2 aromatic carbocycles. The van der Waals surface area contributed by atoms with Crippen LogP contribution in [0.2, 0.25) is 0 Å². The predicted octanol–water partition coefficient (Wildman–Crippen LogP) is 8.53. The summed E-state index contributed by atoms with van der Waals surface area (Å²) in [6, 6.07) is 8.74. The average Bonchev–Trinajstić information content (AvgIpc) is 2.91. The third-order valence-corrected chi connectivity index (χ3v) is 8.32. The summed E-state index contributed by atoms with van der Waals surface area (Å²) in [4.78, 5) is 0. The summed E-state index contributed by atoms with van der Waals surface area (Å²) in [6.45, 7) is 5.84. The highest BCUT2D eigenvalue weighted by atomic mass is 19.2. The molecule has 0 aromatic heterocycles. The van der Waals surface area contributed by atoms with Gasteiger partial charge >= 0.3 is 0 Å². The molecule has 5 heteroatoms. The Morgan fingerprint density at radius 1 is 1.05 bits per heavy atom. The van der Waals surface area contributed by atoms with E-state index in [0.29, 0.717) is 55.3 Å². The molecule has 0 aliphatic heterocycles. The first-order valence-electron chi connectivity index (χ1n) is 13.7. The van der Waals surface area contributed by atoms with E-state index >= 15 is 0 Å². The molecule has 0 spiro atoms. The van der Waals surface area contributed by atoms with Gasteiger partial charge in [0.2, 0.25) is 0 Å². The van der Waals surface area contributed by atoms with Crippen LogP contribution in [0.25, 0.3) is 5.57 Å². The largest absolute Gasteiger partial charge is 0.490 e. The number of aryl methyl sites for hydroxylation is 1. The van der Waals surface area contributed by atoms with Crippen molar-refractivity contribution in [2.24, 2.45) is 11.8 Å². The van der Waals surface area contributed by atoms with Gasteiger partial charge in [0.05, 0.1) is 12.7 Å². The van der Waals surface area contributed by atoms with E-state index in [4.69, 9.17) is 4.74 Å². The van der Waals surface area contributed by atoms with Gasteiger partial charge in [0, 0.05) is 5.56 Å². The van der Waals surface area contributed by atoms with Crippen molar-refractivity contribution in [3.05, 3.63) is 83.2 Å². The molecule has 2 aliphatic rings. The van der Waals surface area contributed by atoms with Crippen LogP contribution in [0.3, 0.4) is 0 Å². The lowest BCUT2D eigenvalue weighted by atomic mass is 9.77. The van der Waals surface area contributed by atoms with Crippen LogP contribution in [0.5, 0.6) is 5.75 Å². The zero-order valence-electron chi connectivity index (χ0n) is 21.8. The average molecular weight is 513 g/mol. The second kappa shape index (κ2) is 12.8. The number of rotatable bonds is 10. The number of aliphatic hydroxyl groups is 1. The second-order valence-corrected chi connectivity index (χ2v) is 10.8. The minimum atomic E-state index is -0.748. The number of halogens is 3. The Bertz CT molecular complexity index is 1100. The van der Waals surface area contributed by atoms with Crippen LogP contribution in [0.15, 0.2) is 49.1 Å². The smallest absolute Gasteiger partial charge is 0.166 e. The number of allylic oxidation sites excluding steroid dienone is 2. The highest BCUT2D eigenvalue weighted by Gasteiger charge is 2.25. The predicted molar refractivity (Wildman–Crippen MR) is 143 cm³/mol. The molecule has 2 aliphatic carbocycles. The summed E-state index contributed by atoms with van der Waals surface area (Å²) >= 11 is 0. The van der Waals surface area contributed by atoms with Crippen molar-refractivity contribution in [3.8, 4) is 5.75 Å². The fourth-order valence-corrected chi connectivity index (χ4v) is 5.85. The minimum absolute atomic E-state index is 0.186. The highest BCUT2D eigenvalue weighted by Crippen LogP contribution is 2.39. The summed E-state index contributed by atoms with van der Waals surface area (Å²) in [5.41, 5.74) is 2.64. The Morgan fingerprint density at radius 3 is 2.49 bits per heavy atom. The number of benzene rings is 2. The van der Waals surface area contributed by atoms with E-state index < -0.39 is 11.6 Å². The van der Waals surface area contributed by atoms with Crippen molar-refractivity contribution in [2.75, 3.05) is 6.61 Å². The van der Waals surface area contributed by atoms with Gasteiger partial charge < -0.3 is 9.84 Å². The molecule has 1 saturated carbocycles. The van der Waals surface area contributed by atoms with Crippen molar-refractivity contribution in [2.45, 2.75) is 83.2 Å². The van der Waals surface area contributed by atoms with Gasteiger partial charge in [-0.3, -0.25) is 0 Å². The molecule has 2 nitrogen and oxygen atoms in total. The number of aliphatic hydroxyl groups excluding tert-OH is 1. The first-order valence-corrected chi connectivity index (χ1v) is 13.7. The number of hydrogen-bond donors (Lipinski definition) is 1. The van der Waals surface area contributed by atoms with Gasteiger partial charge in [-0.1, -0.05) is 30.4 Å². The fraction of sp³-hybridized carbons (Fsp3) is 0.500. The van der Waals surface area contributed by atoms with Gasteiger partial charge in [0.25, 0.3) is 0 Å². The summed E-state index contributed by atoms with van der Waals surface area (Å²) < 4.78 is 49.8. The SMILES string of the molecule is C=CCCOc1ccc(C2CCC(CCc3ccc(C4=CCC(C(C)O)CC4)c(F)c3F)CC2)cc1F. The first kappa shape index (κ1) is 27.5. The van der Waals surface area contributed by atoms with Crippen LogP contribution in [0, 0.1) is 29.3 Å². The van der Waals surface area contributed by atoms with Crippen molar-refractivity contribution in [1.29, 1.82) is 0 Å². The Balaban J connectivity index is 1.29. The van der Waals surface area contributed by atoms with Gasteiger partial charge in [-0.05, 0) is 118 Å². The highest BCUT2D eigenvalue weighted by molar-refractivity contribution is 5.67. The standard InChI is InChI=1S/C32H39F3O2/c1-3-4-19-37-30-18-16-27(20-29(30)33)24-8-5-22(6-9-24)7-10-26-15-17-28(32(35)31(26)34)25-13-11-23(12-14-25)21(2)36/h3,13,15-18,20-24,36H,1,4-12,14,19H2,2H3. The van der Waals surface area contributed by atoms with Crippen LogP contribution in [-0.2, 0) is 6.42 Å².